The van der Waals surface area contributed by atoms with Crippen LogP contribution in [0.15, 0.2) is 42.6 Å². The normalized spacial score (nSPS) is 10.4. The molecule has 0 unspecified atom stereocenters. The van der Waals surface area contributed by atoms with Crippen LogP contribution in [0, 0.1) is 0 Å². The smallest absolute Gasteiger partial charge is 0.180 e. The molecule has 3 rings (SSSR count). The molecule has 0 amide bonds. The molecule has 7 heteroatoms. The summed E-state index contributed by atoms with van der Waals surface area (Å²) in [6, 6.07) is 10.4. The van der Waals surface area contributed by atoms with Gasteiger partial charge in [0.1, 0.15) is 17.1 Å². The van der Waals surface area contributed by atoms with Crippen LogP contribution in [0.4, 0.5) is 5.82 Å². The Morgan fingerprint density at radius 2 is 1.86 bits per heavy atom. The first-order chi connectivity index (χ1) is 10.7. The van der Waals surface area contributed by atoms with Gasteiger partial charge in [-0.25, -0.2) is 9.97 Å². The van der Waals surface area contributed by atoms with E-state index < -0.39 is 0 Å². The van der Waals surface area contributed by atoms with Crippen molar-refractivity contribution in [2.45, 2.75) is 0 Å². The highest BCUT2D eigenvalue weighted by atomic mass is 32.1. The quantitative estimate of drug-likeness (QED) is 0.626. The second kappa shape index (κ2) is 5.90. The second-order valence-corrected chi connectivity index (χ2v) is 4.95. The summed E-state index contributed by atoms with van der Waals surface area (Å²) in [6.45, 7) is 0. The minimum atomic E-state index is 0.211. The topological polar surface area (TPSA) is 83.0 Å². The molecule has 22 heavy (non-hydrogen) atoms. The van der Waals surface area contributed by atoms with E-state index in [-0.39, 0.29) is 5.75 Å². The third-order valence-corrected chi connectivity index (χ3v) is 3.34. The number of aromatic nitrogens is 3. The summed E-state index contributed by atoms with van der Waals surface area (Å²) >= 11 is 5.05. The molecule has 0 spiro atoms. The van der Waals surface area contributed by atoms with Gasteiger partial charge in [0.05, 0.1) is 11.9 Å². The standard InChI is InChI=1S/C15H13N5OS/c1-16-15(22)20-13-7-6-11-14(19-13)18-12(8-17-11)9-2-4-10(21)5-3-9/h2-8,21H,1H3,(H2,16,18,19,20,22). The second-order valence-electron chi connectivity index (χ2n) is 4.55. The lowest BCUT2D eigenvalue weighted by atomic mass is 10.1. The van der Waals surface area contributed by atoms with Crippen LogP contribution in [0.3, 0.4) is 0 Å². The molecule has 2 heterocycles. The third kappa shape index (κ3) is 2.94. The number of hydrogen-bond donors (Lipinski definition) is 3. The molecular weight excluding hydrogens is 298 g/mol. The predicted molar refractivity (Wildman–Crippen MR) is 89.7 cm³/mol. The van der Waals surface area contributed by atoms with E-state index in [0.29, 0.717) is 27.8 Å². The van der Waals surface area contributed by atoms with E-state index in [0.717, 1.165) is 5.56 Å². The number of nitrogens with one attached hydrogen (secondary N) is 2. The number of hydrogen-bond acceptors (Lipinski definition) is 5. The Balaban J connectivity index is 2.00. The number of pyridine rings is 1. The van der Waals surface area contributed by atoms with Gasteiger partial charge in [-0.15, -0.1) is 0 Å². The summed E-state index contributed by atoms with van der Waals surface area (Å²) < 4.78 is 0. The average Bonchev–Trinajstić information content (AvgIpc) is 2.54. The zero-order chi connectivity index (χ0) is 15.5. The molecule has 0 radical (unpaired) electrons. The number of nitrogens with zero attached hydrogens (tertiary/aromatic N) is 3. The van der Waals surface area contributed by atoms with Crippen LogP contribution in [-0.4, -0.2) is 32.2 Å². The molecule has 110 valence electrons. The molecule has 0 saturated carbocycles. The molecule has 0 bridgehead atoms. The Kier molecular flexibility index (Phi) is 3.80. The van der Waals surface area contributed by atoms with Gasteiger partial charge in [-0.2, -0.15) is 0 Å². The zero-order valence-electron chi connectivity index (χ0n) is 11.7. The molecule has 0 atom stereocenters. The Morgan fingerprint density at radius 3 is 2.59 bits per heavy atom. The molecule has 0 aliphatic rings. The molecule has 3 aromatic rings. The monoisotopic (exact) mass is 311 g/mol. The first-order valence-corrected chi connectivity index (χ1v) is 6.98. The zero-order valence-corrected chi connectivity index (χ0v) is 12.6. The van der Waals surface area contributed by atoms with Crippen molar-refractivity contribution >= 4 is 34.3 Å². The fraction of sp³-hybridized carbons (Fsp3) is 0.0667. The summed E-state index contributed by atoms with van der Waals surface area (Å²) in [4.78, 5) is 13.3. The summed E-state index contributed by atoms with van der Waals surface area (Å²) in [5.41, 5.74) is 2.77. The van der Waals surface area contributed by atoms with Crippen molar-refractivity contribution in [1.29, 1.82) is 0 Å². The maximum absolute atomic E-state index is 9.34. The van der Waals surface area contributed by atoms with Gasteiger partial charge in [0.2, 0.25) is 0 Å². The Labute approximate surface area is 132 Å². The third-order valence-electron chi connectivity index (χ3n) is 3.04. The molecule has 3 N–H and O–H groups in total. The molecule has 0 saturated heterocycles. The maximum atomic E-state index is 9.34. The van der Waals surface area contributed by atoms with Crippen molar-refractivity contribution in [2.75, 3.05) is 12.4 Å². The SMILES string of the molecule is CNC(=S)Nc1ccc2ncc(-c3ccc(O)cc3)nc2n1. The maximum Gasteiger partial charge on any atom is 0.180 e. The van der Waals surface area contributed by atoms with Gasteiger partial charge in [0, 0.05) is 12.6 Å². The lowest BCUT2D eigenvalue weighted by molar-refractivity contribution is 0.475. The summed E-state index contributed by atoms with van der Waals surface area (Å²) in [5, 5.41) is 15.6. The van der Waals surface area contributed by atoms with Crippen LogP contribution in [0.1, 0.15) is 0 Å². The van der Waals surface area contributed by atoms with E-state index in [4.69, 9.17) is 12.2 Å². The first kappa shape index (κ1) is 14.2. The van der Waals surface area contributed by atoms with Crippen molar-refractivity contribution < 1.29 is 5.11 Å². The largest absolute Gasteiger partial charge is 0.508 e. The minimum Gasteiger partial charge on any atom is -0.508 e. The number of anilines is 1. The molecule has 1 aromatic carbocycles. The Morgan fingerprint density at radius 1 is 1.09 bits per heavy atom. The van der Waals surface area contributed by atoms with E-state index in [1.54, 1.807) is 43.6 Å². The predicted octanol–water partition coefficient (Wildman–Crippen LogP) is 2.31. The summed E-state index contributed by atoms with van der Waals surface area (Å²) in [7, 11) is 1.74. The van der Waals surface area contributed by atoms with Gasteiger partial charge < -0.3 is 15.7 Å². The highest BCUT2D eigenvalue weighted by Gasteiger charge is 2.06. The van der Waals surface area contributed by atoms with Crippen LogP contribution in [0.25, 0.3) is 22.4 Å². The molecular formula is C15H13N5OS. The van der Waals surface area contributed by atoms with Gasteiger partial charge in [-0.1, -0.05) is 0 Å². The van der Waals surface area contributed by atoms with Gasteiger partial charge in [0.15, 0.2) is 10.8 Å². The first-order valence-electron chi connectivity index (χ1n) is 6.57. The molecule has 0 aliphatic carbocycles. The van der Waals surface area contributed by atoms with Crippen molar-refractivity contribution in [3.8, 4) is 17.0 Å². The van der Waals surface area contributed by atoms with Gasteiger partial charge >= 0.3 is 0 Å². The van der Waals surface area contributed by atoms with E-state index in [1.807, 2.05) is 6.07 Å². The average molecular weight is 311 g/mol. The number of phenols is 1. The van der Waals surface area contributed by atoms with Crippen LogP contribution in [-0.2, 0) is 0 Å². The lowest BCUT2D eigenvalue weighted by Crippen LogP contribution is -2.24. The van der Waals surface area contributed by atoms with Crippen molar-refractivity contribution in [3.63, 3.8) is 0 Å². The van der Waals surface area contributed by atoms with Crippen molar-refractivity contribution in [2.24, 2.45) is 0 Å². The fourth-order valence-corrected chi connectivity index (χ4v) is 2.02. The Bertz CT molecular complexity index is 835. The van der Waals surface area contributed by atoms with E-state index >= 15 is 0 Å². The highest BCUT2D eigenvalue weighted by molar-refractivity contribution is 7.80. The van der Waals surface area contributed by atoms with Crippen LogP contribution >= 0.6 is 12.2 Å². The van der Waals surface area contributed by atoms with Crippen molar-refractivity contribution in [1.82, 2.24) is 20.3 Å². The fourth-order valence-electron chi connectivity index (χ4n) is 1.92. The van der Waals surface area contributed by atoms with Crippen molar-refractivity contribution in [3.05, 3.63) is 42.6 Å². The number of benzene rings is 1. The van der Waals surface area contributed by atoms with E-state index in [2.05, 4.69) is 25.6 Å². The highest BCUT2D eigenvalue weighted by Crippen LogP contribution is 2.21. The van der Waals surface area contributed by atoms with Crippen LogP contribution < -0.4 is 10.6 Å². The molecule has 0 fully saturated rings. The molecule has 6 nitrogen and oxygen atoms in total. The molecule has 2 aromatic heterocycles. The minimum absolute atomic E-state index is 0.211. The summed E-state index contributed by atoms with van der Waals surface area (Å²) in [6.07, 6.45) is 1.68. The van der Waals surface area contributed by atoms with E-state index in [1.165, 1.54) is 0 Å². The van der Waals surface area contributed by atoms with Gasteiger partial charge in [-0.05, 0) is 48.6 Å². The number of rotatable bonds is 2. The number of phenolic OH excluding ortho intramolecular Hbond substituents is 1. The van der Waals surface area contributed by atoms with Gasteiger partial charge in [-0.3, -0.25) is 4.98 Å². The van der Waals surface area contributed by atoms with Crippen LogP contribution in [0.2, 0.25) is 0 Å². The number of aromatic hydroxyl groups is 1. The number of fused-ring (bicyclic) bond motifs is 1. The molecule has 0 aliphatic heterocycles. The Hall–Kier alpha value is -2.80. The lowest BCUT2D eigenvalue weighted by Gasteiger charge is -2.07. The number of thiocarbonyl (C=S) groups is 1. The van der Waals surface area contributed by atoms with E-state index in [9.17, 15) is 5.11 Å². The van der Waals surface area contributed by atoms with Crippen LogP contribution in [0.5, 0.6) is 5.75 Å². The summed E-state index contributed by atoms with van der Waals surface area (Å²) in [5.74, 6) is 0.812. The van der Waals surface area contributed by atoms with Gasteiger partial charge in [0.25, 0.3) is 0 Å².